The van der Waals surface area contributed by atoms with Crippen LogP contribution in [0.3, 0.4) is 0 Å². The average Bonchev–Trinajstić information content (AvgIpc) is 2.78. The molecule has 2 N–H and O–H groups in total. The molecule has 2 fully saturated rings. The van der Waals surface area contributed by atoms with Crippen LogP contribution < -0.4 is 35.3 Å². The summed E-state index contributed by atoms with van der Waals surface area (Å²) < 4.78 is 65.0. The summed E-state index contributed by atoms with van der Waals surface area (Å²) in [7, 11) is -9.18. The van der Waals surface area contributed by atoms with Crippen molar-refractivity contribution < 1.29 is 60.0 Å². The molecule has 2 heterocycles. The Labute approximate surface area is 184 Å². The number of benzene rings is 1. The van der Waals surface area contributed by atoms with E-state index in [1.165, 1.54) is 12.1 Å². The number of hydroxylamine groups is 2. The van der Waals surface area contributed by atoms with Gasteiger partial charge in [-0.2, -0.15) is 17.8 Å². The zero-order valence-electron chi connectivity index (χ0n) is 15.2. The number of amides is 2. The van der Waals surface area contributed by atoms with E-state index in [0.29, 0.717) is 5.06 Å². The molecule has 2 saturated heterocycles. The van der Waals surface area contributed by atoms with Crippen molar-refractivity contribution in [2.24, 2.45) is 10.1 Å². The van der Waals surface area contributed by atoms with Gasteiger partial charge in [-0.3, -0.25) is 0 Å². The van der Waals surface area contributed by atoms with Crippen LogP contribution in [0.1, 0.15) is 18.4 Å². The molecule has 0 aromatic heterocycles. The Kier molecular flexibility index (Phi) is 6.80. The predicted octanol–water partition coefficient (Wildman–Crippen LogP) is -3.29. The van der Waals surface area contributed by atoms with Crippen molar-refractivity contribution in [3.63, 3.8) is 0 Å². The molecule has 0 aliphatic carbocycles. The monoisotopic (exact) mass is 440 g/mol. The summed E-state index contributed by atoms with van der Waals surface area (Å²) in [5.74, 6) is -0.297. The molecule has 0 radical (unpaired) electrons. The molecule has 2 atom stereocenters. The quantitative estimate of drug-likeness (QED) is 0.164. The Bertz CT molecular complexity index is 995. The molecule has 2 bridgehead atoms. The van der Waals surface area contributed by atoms with Gasteiger partial charge in [0.1, 0.15) is 5.84 Å². The average molecular weight is 440 g/mol. The summed E-state index contributed by atoms with van der Waals surface area (Å²) in [6.45, 7) is 1.85. The van der Waals surface area contributed by atoms with Gasteiger partial charge in [-0.15, -0.1) is 4.40 Å². The summed E-state index contributed by atoms with van der Waals surface area (Å²) >= 11 is 0. The molecule has 28 heavy (non-hydrogen) atoms. The van der Waals surface area contributed by atoms with Crippen LogP contribution in [0.2, 0.25) is 0 Å². The fourth-order valence-electron chi connectivity index (χ4n) is 3.10. The molecule has 1 aromatic rings. The molecular weight excluding hydrogens is 423 g/mol. The van der Waals surface area contributed by atoms with Crippen molar-refractivity contribution in [2.45, 2.75) is 36.7 Å². The van der Waals surface area contributed by atoms with Crippen LogP contribution in [0.4, 0.5) is 4.79 Å². The molecule has 2 aliphatic heterocycles. The summed E-state index contributed by atoms with van der Waals surface area (Å²) in [6, 6.07) is 3.66. The van der Waals surface area contributed by atoms with Crippen molar-refractivity contribution in [3.8, 4) is 0 Å². The zero-order chi connectivity index (χ0) is 20.0. The number of rotatable bonds is 5. The van der Waals surface area contributed by atoms with E-state index >= 15 is 0 Å². The fraction of sp³-hybridized carbons (Fsp3) is 0.429. The first-order valence-corrected chi connectivity index (χ1v) is 10.7. The van der Waals surface area contributed by atoms with Crippen LogP contribution in [0.5, 0.6) is 0 Å². The minimum absolute atomic E-state index is 0. The van der Waals surface area contributed by atoms with E-state index in [-0.39, 0.29) is 59.7 Å². The first kappa shape index (κ1) is 23.1. The van der Waals surface area contributed by atoms with E-state index < -0.39 is 38.5 Å². The Morgan fingerprint density at radius 3 is 2.39 bits per heavy atom. The van der Waals surface area contributed by atoms with Crippen molar-refractivity contribution in [1.82, 2.24) is 9.96 Å². The Morgan fingerprint density at radius 2 is 1.82 bits per heavy atom. The second kappa shape index (κ2) is 8.26. The van der Waals surface area contributed by atoms with E-state index in [2.05, 4.69) is 8.68 Å². The molecular formula is C14H17N4NaO7S2. The third-order valence-corrected chi connectivity index (χ3v) is 6.04. The van der Waals surface area contributed by atoms with Crippen LogP contribution in [0.15, 0.2) is 33.6 Å². The Balaban J connectivity index is 0.00000280. The normalized spacial score (nSPS) is 22.9. The summed E-state index contributed by atoms with van der Waals surface area (Å²) in [5.41, 5.74) is 6.73. The van der Waals surface area contributed by atoms with E-state index in [4.69, 9.17) is 5.73 Å². The largest absolute Gasteiger partial charge is 1.00 e. The number of piperidine rings is 1. The maximum atomic E-state index is 12.4. The van der Waals surface area contributed by atoms with Crippen molar-refractivity contribution >= 4 is 32.3 Å². The first-order valence-electron chi connectivity index (χ1n) is 7.90. The molecule has 3 rings (SSSR count). The molecule has 14 heteroatoms. The number of sulfonamides is 1. The van der Waals surface area contributed by atoms with Crippen molar-refractivity contribution in [3.05, 3.63) is 29.8 Å². The Morgan fingerprint density at radius 1 is 1.21 bits per heavy atom. The van der Waals surface area contributed by atoms with Crippen LogP contribution in [-0.4, -0.2) is 61.8 Å². The van der Waals surface area contributed by atoms with Gasteiger partial charge >= 0.3 is 35.6 Å². The standard InChI is InChI=1S/C14H18N4O7S2.Na/c1-9-2-5-11(6-3-9)26(20,21)16-13(15)12-7-4-10-8-17(12)14(19)18(10)25-27(22,23)24;/h2-3,5-6,10,12H,4,7-8H2,1H3,(H2,15,16)(H,22,23,24);/q;+1/p-1/t10-,12+;/m1./s1. The van der Waals surface area contributed by atoms with Crippen LogP contribution >= 0.6 is 0 Å². The predicted molar refractivity (Wildman–Crippen MR) is 91.5 cm³/mol. The zero-order valence-corrected chi connectivity index (χ0v) is 18.8. The van der Waals surface area contributed by atoms with E-state index in [1.807, 2.05) is 0 Å². The third-order valence-electron chi connectivity index (χ3n) is 4.38. The number of aryl methyl sites for hydroxylation is 1. The number of carbonyl (C=O) groups is 1. The summed E-state index contributed by atoms with van der Waals surface area (Å²) in [4.78, 5) is 13.4. The van der Waals surface area contributed by atoms with Gasteiger partial charge in [0.25, 0.3) is 10.0 Å². The third kappa shape index (κ3) is 4.84. The van der Waals surface area contributed by atoms with Crippen LogP contribution in [0, 0.1) is 6.92 Å². The molecule has 2 amide bonds. The number of nitrogens with zero attached hydrogens (tertiary/aromatic N) is 3. The van der Waals surface area contributed by atoms with Crippen molar-refractivity contribution in [1.29, 1.82) is 0 Å². The fourth-order valence-corrected chi connectivity index (χ4v) is 4.47. The number of fused-ring (bicyclic) bond motifs is 2. The molecule has 148 valence electrons. The smallest absolute Gasteiger partial charge is 0.724 e. The van der Waals surface area contributed by atoms with Gasteiger partial charge in [-0.25, -0.2) is 13.2 Å². The van der Waals surface area contributed by atoms with Crippen LogP contribution in [0.25, 0.3) is 0 Å². The molecule has 0 saturated carbocycles. The maximum absolute atomic E-state index is 12.4. The number of hydrogen-bond acceptors (Lipinski definition) is 7. The molecule has 2 aliphatic rings. The van der Waals surface area contributed by atoms with Gasteiger partial charge in [-0.05, 0) is 31.9 Å². The number of amidine groups is 1. The first-order chi connectivity index (χ1) is 12.5. The van der Waals surface area contributed by atoms with Gasteiger partial charge in [0.05, 0.1) is 17.0 Å². The second-order valence-corrected chi connectivity index (χ2v) is 8.86. The molecule has 0 spiro atoms. The second-order valence-electron chi connectivity index (χ2n) is 6.29. The minimum Gasteiger partial charge on any atom is -0.724 e. The van der Waals surface area contributed by atoms with E-state index in [1.54, 1.807) is 19.1 Å². The van der Waals surface area contributed by atoms with Gasteiger partial charge in [-0.1, -0.05) is 17.7 Å². The van der Waals surface area contributed by atoms with Gasteiger partial charge in [0.15, 0.2) is 0 Å². The van der Waals surface area contributed by atoms with E-state index in [0.717, 1.165) is 10.5 Å². The summed E-state index contributed by atoms with van der Waals surface area (Å²) in [6.07, 6.45) is 0.511. The Hall–Kier alpha value is -1.22. The molecule has 1 aromatic carbocycles. The number of carbonyl (C=O) groups excluding carboxylic acids is 1. The minimum atomic E-state index is -5.11. The SMILES string of the molecule is Cc1ccc(S(=O)(=O)N=C(N)[C@@H]2CC[C@@H]3CN2C(=O)N3OS(=O)(=O)[O-])cc1.[Na+]. The van der Waals surface area contributed by atoms with Crippen LogP contribution in [-0.2, 0) is 24.7 Å². The number of nitrogens with two attached hydrogens (primary N) is 1. The number of hydrogen-bond donors (Lipinski definition) is 1. The topological polar surface area (TPSA) is 162 Å². The van der Waals surface area contributed by atoms with Crippen molar-refractivity contribution in [2.75, 3.05) is 6.54 Å². The molecule has 0 unspecified atom stereocenters. The molecule has 11 nitrogen and oxygen atoms in total. The maximum Gasteiger partial charge on any atom is 1.00 e. The summed E-state index contributed by atoms with van der Waals surface area (Å²) in [5, 5.41) is 0.490. The number of urea groups is 1. The van der Waals surface area contributed by atoms with Gasteiger partial charge < -0.3 is 15.2 Å². The van der Waals surface area contributed by atoms with E-state index in [9.17, 15) is 26.2 Å². The van der Waals surface area contributed by atoms with Gasteiger partial charge in [0.2, 0.25) is 10.4 Å². The van der Waals surface area contributed by atoms with Gasteiger partial charge in [0, 0.05) is 6.54 Å².